The summed E-state index contributed by atoms with van der Waals surface area (Å²) >= 11 is 0. The smallest absolute Gasteiger partial charge is 0.240 e. The molecule has 7 nitrogen and oxygen atoms in total. The lowest BCUT2D eigenvalue weighted by molar-refractivity contribution is -0.119. The van der Waals surface area contributed by atoms with E-state index in [4.69, 9.17) is 15.7 Å². The number of carbonyl (C=O) groups excluding carboxylic acids is 1. The van der Waals surface area contributed by atoms with Gasteiger partial charge < -0.3 is 16.4 Å². The standard InChI is InChI=1S/C19H28N6O/c1-3-13(2)17(18(20)26)24-19-14-6-4-5-7-15(14)22-16(23-19)12-25-10-8-21-9-11-25/h4-7,13,17,21H,3,8-12H2,1-2H3,(H2,20,26)(H,22,23,24). The van der Waals surface area contributed by atoms with Gasteiger partial charge in [-0.1, -0.05) is 32.4 Å². The molecule has 7 heteroatoms. The summed E-state index contributed by atoms with van der Waals surface area (Å²) in [5, 5.41) is 7.55. The van der Waals surface area contributed by atoms with Crippen LogP contribution in [0, 0.1) is 5.92 Å². The van der Waals surface area contributed by atoms with E-state index in [-0.39, 0.29) is 11.8 Å². The molecule has 0 spiro atoms. The highest BCUT2D eigenvalue weighted by molar-refractivity contribution is 5.91. The Balaban J connectivity index is 1.92. The first-order valence-electron chi connectivity index (χ1n) is 9.33. The van der Waals surface area contributed by atoms with Crippen LogP contribution in [0.25, 0.3) is 10.9 Å². The molecular weight excluding hydrogens is 328 g/mol. The van der Waals surface area contributed by atoms with Gasteiger partial charge >= 0.3 is 0 Å². The minimum absolute atomic E-state index is 0.123. The minimum atomic E-state index is -0.453. The maximum absolute atomic E-state index is 11.9. The summed E-state index contributed by atoms with van der Waals surface area (Å²) in [4.78, 5) is 23.7. The molecule has 1 amide bonds. The van der Waals surface area contributed by atoms with E-state index in [1.165, 1.54) is 0 Å². The highest BCUT2D eigenvalue weighted by Crippen LogP contribution is 2.23. The van der Waals surface area contributed by atoms with E-state index in [2.05, 4.69) is 22.5 Å². The van der Waals surface area contributed by atoms with Gasteiger partial charge in [0, 0.05) is 31.6 Å². The Hall–Kier alpha value is -2.25. The minimum Gasteiger partial charge on any atom is -0.368 e. The van der Waals surface area contributed by atoms with Gasteiger partial charge in [0.2, 0.25) is 5.91 Å². The quantitative estimate of drug-likeness (QED) is 0.693. The number of fused-ring (bicyclic) bond motifs is 1. The van der Waals surface area contributed by atoms with Crippen LogP contribution in [0.15, 0.2) is 24.3 Å². The molecule has 1 aliphatic heterocycles. The fraction of sp³-hybridized carbons (Fsp3) is 0.526. The summed E-state index contributed by atoms with van der Waals surface area (Å²) < 4.78 is 0. The number of amides is 1. The fourth-order valence-corrected chi connectivity index (χ4v) is 3.25. The third-order valence-electron chi connectivity index (χ3n) is 5.04. The Labute approximate surface area is 154 Å². The molecule has 2 unspecified atom stereocenters. The van der Waals surface area contributed by atoms with Crippen LogP contribution in [-0.4, -0.2) is 53.0 Å². The molecule has 0 saturated carbocycles. The number of nitrogens with zero attached hydrogens (tertiary/aromatic N) is 3. The van der Waals surface area contributed by atoms with Gasteiger partial charge in [0.1, 0.15) is 17.7 Å². The summed E-state index contributed by atoms with van der Waals surface area (Å²) in [6, 6.07) is 7.42. The third kappa shape index (κ3) is 4.28. The van der Waals surface area contributed by atoms with Crippen molar-refractivity contribution in [2.75, 3.05) is 31.5 Å². The average Bonchev–Trinajstić information content (AvgIpc) is 2.66. The van der Waals surface area contributed by atoms with Crippen molar-refractivity contribution in [1.29, 1.82) is 0 Å². The Morgan fingerprint density at radius 1 is 1.31 bits per heavy atom. The largest absolute Gasteiger partial charge is 0.368 e. The number of anilines is 1. The molecule has 1 saturated heterocycles. The maximum atomic E-state index is 11.9. The number of carbonyl (C=O) groups is 1. The Kier molecular flexibility index (Phi) is 6.00. The molecule has 140 valence electrons. The number of primary amides is 1. The molecule has 1 aliphatic rings. The molecule has 2 heterocycles. The van der Waals surface area contributed by atoms with Crippen LogP contribution in [0.3, 0.4) is 0 Å². The zero-order valence-electron chi connectivity index (χ0n) is 15.5. The van der Waals surface area contributed by atoms with Crippen LogP contribution in [0.2, 0.25) is 0 Å². The Morgan fingerprint density at radius 2 is 2.04 bits per heavy atom. The van der Waals surface area contributed by atoms with Crippen LogP contribution in [0.4, 0.5) is 5.82 Å². The molecule has 1 aromatic carbocycles. The van der Waals surface area contributed by atoms with E-state index < -0.39 is 6.04 Å². The van der Waals surface area contributed by atoms with Gasteiger partial charge in [-0.2, -0.15) is 0 Å². The second-order valence-corrected chi connectivity index (χ2v) is 6.94. The molecule has 1 fully saturated rings. The summed E-state index contributed by atoms with van der Waals surface area (Å²) in [5.74, 6) is 1.22. The van der Waals surface area contributed by atoms with E-state index in [9.17, 15) is 4.79 Å². The number of piperazine rings is 1. The van der Waals surface area contributed by atoms with E-state index in [1.54, 1.807) is 0 Å². The van der Waals surface area contributed by atoms with Crippen LogP contribution in [-0.2, 0) is 11.3 Å². The Bertz CT molecular complexity index is 759. The highest BCUT2D eigenvalue weighted by atomic mass is 16.1. The summed E-state index contributed by atoms with van der Waals surface area (Å²) in [6.07, 6.45) is 0.858. The average molecular weight is 356 g/mol. The fourth-order valence-electron chi connectivity index (χ4n) is 3.25. The van der Waals surface area contributed by atoms with Crippen molar-refractivity contribution in [3.05, 3.63) is 30.1 Å². The van der Waals surface area contributed by atoms with Crippen molar-refractivity contribution in [2.24, 2.45) is 11.7 Å². The van der Waals surface area contributed by atoms with Gasteiger partial charge in [-0.05, 0) is 18.1 Å². The van der Waals surface area contributed by atoms with Crippen molar-refractivity contribution < 1.29 is 4.79 Å². The topological polar surface area (TPSA) is 96.2 Å². The molecule has 0 aliphatic carbocycles. The number of benzene rings is 1. The lowest BCUT2D eigenvalue weighted by Gasteiger charge is -2.27. The molecule has 4 N–H and O–H groups in total. The normalized spacial score (nSPS) is 17.8. The first-order chi connectivity index (χ1) is 12.6. The molecule has 0 bridgehead atoms. The predicted molar refractivity (Wildman–Crippen MR) is 104 cm³/mol. The second-order valence-electron chi connectivity index (χ2n) is 6.94. The molecule has 3 rings (SSSR count). The van der Waals surface area contributed by atoms with Crippen molar-refractivity contribution in [3.63, 3.8) is 0 Å². The van der Waals surface area contributed by atoms with Crippen molar-refractivity contribution in [1.82, 2.24) is 20.2 Å². The summed E-state index contributed by atoms with van der Waals surface area (Å²) in [5.41, 5.74) is 6.51. The second kappa shape index (κ2) is 8.42. The molecular formula is C19H28N6O. The van der Waals surface area contributed by atoms with Crippen LogP contribution in [0.5, 0.6) is 0 Å². The van der Waals surface area contributed by atoms with Gasteiger partial charge in [-0.3, -0.25) is 9.69 Å². The van der Waals surface area contributed by atoms with E-state index >= 15 is 0 Å². The summed E-state index contributed by atoms with van der Waals surface area (Å²) in [6.45, 7) is 8.70. The number of hydrogen-bond donors (Lipinski definition) is 3. The number of para-hydroxylation sites is 1. The SMILES string of the molecule is CCC(C)C(Nc1nc(CN2CCNCC2)nc2ccccc12)C(N)=O. The van der Waals surface area contributed by atoms with Crippen molar-refractivity contribution in [2.45, 2.75) is 32.9 Å². The molecule has 1 aromatic heterocycles. The van der Waals surface area contributed by atoms with Gasteiger partial charge in [0.25, 0.3) is 0 Å². The molecule has 2 aromatic rings. The van der Waals surface area contributed by atoms with E-state index in [0.29, 0.717) is 12.4 Å². The Morgan fingerprint density at radius 3 is 2.73 bits per heavy atom. The van der Waals surface area contributed by atoms with Crippen molar-refractivity contribution >= 4 is 22.6 Å². The lowest BCUT2D eigenvalue weighted by Crippen LogP contribution is -2.43. The monoisotopic (exact) mass is 356 g/mol. The van der Waals surface area contributed by atoms with Gasteiger partial charge in [0.15, 0.2) is 0 Å². The maximum Gasteiger partial charge on any atom is 0.240 e. The number of rotatable bonds is 7. The zero-order chi connectivity index (χ0) is 18.5. The highest BCUT2D eigenvalue weighted by Gasteiger charge is 2.23. The molecule has 2 atom stereocenters. The van der Waals surface area contributed by atoms with Gasteiger partial charge in [0.05, 0.1) is 12.1 Å². The number of nitrogens with two attached hydrogens (primary N) is 1. The molecule has 26 heavy (non-hydrogen) atoms. The first kappa shape index (κ1) is 18.5. The van der Waals surface area contributed by atoms with Gasteiger partial charge in [-0.15, -0.1) is 0 Å². The van der Waals surface area contributed by atoms with Crippen molar-refractivity contribution in [3.8, 4) is 0 Å². The third-order valence-corrected chi connectivity index (χ3v) is 5.04. The molecule has 0 radical (unpaired) electrons. The van der Waals surface area contributed by atoms with Gasteiger partial charge in [-0.25, -0.2) is 9.97 Å². The van der Waals surface area contributed by atoms with Crippen LogP contribution < -0.4 is 16.4 Å². The number of hydrogen-bond acceptors (Lipinski definition) is 6. The number of aromatic nitrogens is 2. The first-order valence-corrected chi connectivity index (χ1v) is 9.33. The van der Waals surface area contributed by atoms with E-state index in [0.717, 1.165) is 49.3 Å². The van der Waals surface area contributed by atoms with Crippen LogP contribution in [0.1, 0.15) is 26.1 Å². The summed E-state index contributed by atoms with van der Waals surface area (Å²) in [7, 11) is 0. The number of nitrogens with one attached hydrogen (secondary N) is 2. The zero-order valence-corrected chi connectivity index (χ0v) is 15.5. The van der Waals surface area contributed by atoms with E-state index in [1.807, 2.05) is 31.2 Å². The lowest BCUT2D eigenvalue weighted by atomic mass is 9.98. The predicted octanol–water partition coefficient (Wildman–Crippen LogP) is 1.35. The van der Waals surface area contributed by atoms with Crippen LogP contribution >= 0.6 is 0 Å².